The average molecular weight is 415 g/mol. The molecule has 6 heteroatoms. The van der Waals surface area contributed by atoms with Crippen molar-refractivity contribution in [2.45, 2.75) is 51.5 Å². The first-order valence-electron chi connectivity index (χ1n) is 10.2. The first-order valence-corrected chi connectivity index (χ1v) is 11.8. The van der Waals surface area contributed by atoms with Crippen molar-refractivity contribution in [3.05, 3.63) is 65.7 Å². The van der Waals surface area contributed by atoms with Crippen LogP contribution >= 0.6 is 0 Å². The van der Waals surface area contributed by atoms with Crippen LogP contribution in [0, 0.1) is 0 Å². The van der Waals surface area contributed by atoms with Gasteiger partial charge in [-0.1, -0.05) is 44.2 Å². The van der Waals surface area contributed by atoms with Crippen molar-refractivity contribution < 1.29 is 13.2 Å². The molecule has 0 unspecified atom stereocenters. The number of nitrogens with zero attached hydrogens (tertiary/aromatic N) is 1. The molecular formula is C23H30N2O3S. The van der Waals surface area contributed by atoms with Gasteiger partial charge in [-0.05, 0) is 61.4 Å². The van der Waals surface area contributed by atoms with Crippen molar-refractivity contribution in [1.82, 2.24) is 5.32 Å². The maximum atomic E-state index is 12.6. The lowest BCUT2D eigenvalue weighted by Crippen LogP contribution is -2.38. The number of nitrogens with one attached hydrogen (secondary N) is 1. The van der Waals surface area contributed by atoms with Crippen molar-refractivity contribution in [2.75, 3.05) is 16.6 Å². The second-order valence-corrected chi connectivity index (χ2v) is 10.5. The Hall–Kier alpha value is -2.34. The molecule has 1 saturated heterocycles. The van der Waals surface area contributed by atoms with Crippen LogP contribution in [-0.4, -0.2) is 32.7 Å². The van der Waals surface area contributed by atoms with E-state index in [1.807, 2.05) is 25.1 Å². The molecule has 0 saturated carbocycles. The molecule has 1 aliphatic heterocycles. The van der Waals surface area contributed by atoms with Crippen LogP contribution in [0.4, 0.5) is 5.69 Å². The second-order valence-electron chi connectivity index (χ2n) is 8.47. The Labute approximate surface area is 174 Å². The first kappa shape index (κ1) is 21.4. The standard InChI is InChI=1S/C23H30N2O3S/c1-18(17-23(2,3)20-9-5-4-6-10-20)24-22(26)19-11-13-21(14-12-19)25-15-7-8-16-29(25,27)28/h4-6,9-14,18H,7-8,15-17H2,1-3H3,(H,24,26)/t18-/m0/s1. The Bertz CT molecular complexity index is 938. The summed E-state index contributed by atoms with van der Waals surface area (Å²) < 4.78 is 25.9. The number of hydrogen-bond donors (Lipinski definition) is 1. The van der Waals surface area contributed by atoms with Crippen LogP contribution in [0.5, 0.6) is 0 Å². The molecule has 0 aliphatic carbocycles. The highest BCUT2D eigenvalue weighted by Gasteiger charge is 2.27. The van der Waals surface area contributed by atoms with Crippen molar-refractivity contribution in [3.8, 4) is 0 Å². The summed E-state index contributed by atoms with van der Waals surface area (Å²) in [7, 11) is -3.24. The maximum absolute atomic E-state index is 12.6. The molecule has 0 spiro atoms. The predicted molar refractivity (Wildman–Crippen MR) is 118 cm³/mol. The van der Waals surface area contributed by atoms with Crippen LogP contribution < -0.4 is 9.62 Å². The van der Waals surface area contributed by atoms with Gasteiger partial charge in [0.1, 0.15) is 0 Å². The fourth-order valence-corrected chi connectivity index (χ4v) is 5.63. The van der Waals surface area contributed by atoms with Crippen molar-refractivity contribution in [1.29, 1.82) is 0 Å². The number of carbonyl (C=O) groups is 1. The molecule has 1 fully saturated rings. The van der Waals surface area contributed by atoms with Crippen molar-refractivity contribution in [3.63, 3.8) is 0 Å². The van der Waals surface area contributed by atoms with E-state index in [9.17, 15) is 13.2 Å². The molecule has 0 bridgehead atoms. The van der Waals surface area contributed by atoms with Gasteiger partial charge in [0.15, 0.2) is 0 Å². The van der Waals surface area contributed by atoms with Crippen LogP contribution in [0.1, 0.15) is 56.0 Å². The summed E-state index contributed by atoms with van der Waals surface area (Å²) in [5, 5.41) is 3.07. The highest BCUT2D eigenvalue weighted by molar-refractivity contribution is 7.92. The lowest BCUT2D eigenvalue weighted by atomic mass is 9.79. The van der Waals surface area contributed by atoms with Gasteiger partial charge in [-0.3, -0.25) is 9.10 Å². The summed E-state index contributed by atoms with van der Waals surface area (Å²) in [6.45, 7) is 6.87. The number of anilines is 1. The highest BCUT2D eigenvalue weighted by atomic mass is 32.2. The van der Waals surface area contributed by atoms with Crippen LogP contribution in [0.25, 0.3) is 0 Å². The zero-order valence-electron chi connectivity index (χ0n) is 17.4. The third kappa shape index (κ3) is 5.18. The Balaban J connectivity index is 1.63. The number of carbonyl (C=O) groups excluding carboxylic acids is 1. The molecule has 2 aromatic rings. The summed E-state index contributed by atoms with van der Waals surface area (Å²) in [6, 6.07) is 17.1. The van der Waals surface area contributed by atoms with Crippen LogP contribution in [0.15, 0.2) is 54.6 Å². The zero-order chi connectivity index (χ0) is 21.1. The van der Waals surface area contributed by atoms with Gasteiger partial charge >= 0.3 is 0 Å². The molecule has 1 heterocycles. The van der Waals surface area contributed by atoms with E-state index < -0.39 is 10.0 Å². The van der Waals surface area contributed by atoms with E-state index in [4.69, 9.17) is 0 Å². The summed E-state index contributed by atoms with van der Waals surface area (Å²) in [6.07, 6.45) is 2.37. The van der Waals surface area contributed by atoms with Gasteiger partial charge in [-0.2, -0.15) is 0 Å². The molecule has 29 heavy (non-hydrogen) atoms. The summed E-state index contributed by atoms with van der Waals surface area (Å²) in [4.78, 5) is 12.6. The molecule has 1 N–H and O–H groups in total. The topological polar surface area (TPSA) is 66.5 Å². The van der Waals surface area contributed by atoms with Crippen molar-refractivity contribution >= 4 is 21.6 Å². The predicted octanol–water partition coefficient (Wildman–Crippen LogP) is 4.10. The Morgan fingerprint density at radius 3 is 2.34 bits per heavy atom. The maximum Gasteiger partial charge on any atom is 0.251 e. The van der Waals surface area contributed by atoms with Gasteiger partial charge in [-0.15, -0.1) is 0 Å². The van der Waals surface area contributed by atoms with E-state index in [-0.39, 0.29) is 23.1 Å². The molecule has 1 amide bonds. The molecule has 3 rings (SSSR count). The molecule has 0 aromatic heterocycles. The number of amides is 1. The molecule has 156 valence electrons. The van der Waals surface area contributed by atoms with Gasteiger partial charge < -0.3 is 5.32 Å². The van der Waals surface area contributed by atoms with Gasteiger partial charge in [-0.25, -0.2) is 8.42 Å². The average Bonchev–Trinajstić information content (AvgIpc) is 2.68. The summed E-state index contributed by atoms with van der Waals surface area (Å²) in [5.41, 5.74) is 2.35. The normalized spacial score (nSPS) is 17.6. The van der Waals surface area contributed by atoms with Crippen molar-refractivity contribution in [2.24, 2.45) is 0 Å². The van der Waals surface area contributed by atoms with E-state index >= 15 is 0 Å². The third-order valence-corrected chi connectivity index (χ3v) is 7.39. The van der Waals surface area contributed by atoms with Crippen LogP contribution in [0.3, 0.4) is 0 Å². The molecule has 0 radical (unpaired) electrons. The molecule has 2 aromatic carbocycles. The summed E-state index contributed by atoms with van der Waals surface area (Å²) in [5.74, 6) is 0.0404. The van der Waals surface area contributed by atoms with E-state index in [1.54, 1.807) is 24.3 Å². The van der Waals surface area contributed by atoms with E-state index in [0.29, 0.717) is 24.2 Å². The van der Waals surface area contributed by atoms with Crippen LogP contribution in [0.2, 0.25) is 0 Å². The fraction of sp³-hybridized carbons (Fsp3) is 0.435. The summed E-state index contributed by atoms with van der Waals surface area (Å²) >= 11 is 0. The van der Waals surface area contributed by atoms with Crippen LogP contribution in [-0.2, 0) is 15.4 Å². The lowest BCUT2D eigenvalue weighted by molar-refractivity contribution is 0.0934. The number of hydrogen-bond acceptors (Lipinski definition) is 3. The van der Waals surface area contributed by atoms with Gasteiger partial charge in [0.05, 0.1) is 11.4 Å². The highest BCUT2D eigenvalue weighted by Crippen LogP contribution is 2.28. The molecular weight excluding hydrogens is 384 g/mol. The Morgan fingerprint density at radius 1 is 1.07 bits per heavy atom. The number of sulfonamides is 1. The minimum absolute atomic E-state index is 0.000134. The minimum atomic E-state index is -3.24. The van der Waals surface area contributed by atoms with E-state index in [1.165, 1.54) is 9.87 Å². The zero-order valence-corrected chi connectivity index (χ0v) is 18.2. The Kier molecular flexibility index (Phi) is 6.32. The van der Waals surface area contributed by atoms with E-state index in [2.05, 4.69) is 31.3 Å². The molecule has 1 aliphatic rings. The monoisotopic (exact) mass is 414 g/mol. The fourth-order valence-electron chi connectivity index (χ4n) is 3.99. The van der Waals surface area contributed by atoms with Gasteiger partial charge in [0.25, 0.3) is 5.91 Å². The minimum Gasteiger partial charge on any atom is -0.350 e. The Morgan fingerprint density at radius 2 is 1.72 bits per heavy atom. The second kappa shape index (κ2) is 8.57. The lowest BCUT2D eigenvalue weighted by Gasteiger charge is -2.29. The molecule has 1 atom stereocenters. The number of benzene rings is 2. The third-order valence-electron chi connectivity index (χ3n) is 5.52. The SMILES string of the molecule is C[C@@H](CC(C)(C)c1ccccc1)NC(=O)c1ccc(N2CCCCS2(=O)=O)cc1. The van der Waals surface area contributed by atoms with Gasteiger partial charge in [0, 0.05) is 18.2 Å². The van der Waals surface area contributed by atoms with Gasteiger partial charge in [0.2, 0.25) is 10.0 Å². The smallest absolute Gasteiger partial charge is 0.251 e. The molecule has 5 nitrogen and oxygen atoms in total. The quantitative estimate of drug-likeness (QED) is 0.774. The first-order chi connectivity index (χ1) is 13.7. The van der Waals surface area contributed by atoms with E-state index in [0.717, 1.165) is 12.8 Å². The largest absolute Gasteiger partial charge is 0.350 e. The number of rotatable bonds is 6.